The van der Waals surface area contributed by atoms with E-state index in [0.29, 0.717) is 5.92 Å². The van der Waals surface area contributed by atoms with Crippen molar-refractivity contribution in [1.82, 2.24) is 0 Å². The molecule has 0 atom stereocenters. The molecule has 27 heavy (non-hydrogen) atoms. The van der Waals surface area contributed by atoms with E-state index in [4.69, 9.17) is 0 Å². The van der Waals surface area contributed by atoms with Crippen LogP contribution in [0.3, 0.4) is 0 Å². The Morgan fingerprint density at radius 2 is 0.963 bits per heavy atom. The Morgan fingerprint density at radius 3 is 1.37 bits per heavy atom. The topological polar surface area (TPSA) is 0 Å². The van der Waals surface area contributed by atoms with Crippen LogP contribution in [0.5, 0.6) is 0 Å². The third kappa shape index (κ3) is 1.88. The molecule has 0 N–H and O–H groups in total. The van der Waals surface area contributed by atoms with Crippen LogP contribution in [0.25, 0.3) is 19.5 Å². The van der Waals surface area contributed by atoms with Crippen molar-refractivity contribution in [2.45, 2.75) is 46.0 Å². The van der Waals surface area contributed by atoms with Crippen molar-refractivity contribution in [3.8, 4) is 19.5 Å². The second-order valence-electron chi connectivity index (χ2n) is 8.10. The average molecular weight is 425 g/mol. The summed E-state index contributed by atoms with van der Waals surface area (Å²) in [6.45, 7) is 11.4. The highest BCUT2D eigenvalue weighted by molar-refractivity contribution is 7.23. The van der Waals surface area contributed by atoms with Crippen LogP contribution in [0.4, 0.5) is 0 Å². The molecule has 2 aliphatic carbocycles. The van der Waals surface area contributed by atoms with E-state index >= 15 is 0 Å². The molecule has 4 heteroatoms. The molecule has 4 aromatic rings. The smallest absolute Gasteiger partial charge is 0.0759 e. The quantitative estimate of drug-likeness (QED) is 0.249. The minimum Gasteiger partial charge on any atom is -0.139 e. The Kier molecular flexibility index (Phi) is 3.24. The summed E-state index contributed by atoms with van der Waals surface area (Å²) in [5.41, 5.74) is 6.10. The number of hydrogen-bond donors (Lipinski definition) is 0. The van der Waals surface area contributed by atoms with Gasteiger partial charge in [-0.25, -0.2) is 0 Å². The van der Waals surface area contributed by atoms with Crippen molar-refractivity contribution >= 4 is 45.3 Å². The van der Waals surface area contributed by atoms with Gasteiger partial charge in [0.2, 0.25) is 0 Å². The highest BCUT2D eigenvalue weighted by Crippen LogP contribution is 2.68. The highest BCUT2D eigenvalue weighted by Gasteiger charge is 2.55. The van der Waals surface area contributed by atoms with E-state index in [1.54, 1.807) is 5.56 Å². The molecule has 0 amide bonds. The largest absolute Gasteiger partial charge is 0.139 e. The zero-order valence-corrected chi connectivity index (χ0v) is 19.3. The van der Waals surface area contributed by atoms with Crippen LogP contribution in [-0.2, 0) is 5.41 Å². The van der Waals surface area contributed by atoms with Gasteiger partial charge in [-0.05, 0) is 73.2 Å². The fourth-order valence-corrected chi connectivity index (χ4v) is 9.64. The lowest BCUT2D eigenvalue weighted by molar-refractivity contribution is 0.795. The van der Waals surface area contributed by atoms with E-state index in [9.17, 15) is 0 Å². The van der Waals surface area contributed by atoms with Crippen LogP contribution < -0.4 is 0 Å². The van der Waals surface area contributed by atoms with E-state index in [2.05, 4.69) is 58.9 Å². The lowest BCUT2D eigenvalue weighted by Crippen LogP contribution is -2.24. The van der Waals surface area contributed by atoms with Gasteiger partial charge in [-0.3, -0.25) is 0 Å². The van der Waals surface area contributed by atoms with Crippen LogP contribution >= 0.6 is 45.3 Å². The fourth-order valence-electron chi connectivity index (χ4n) is 4.90. The minimum absolute atomic E-state index is 0.0702. The molecule has 0 nitrogen and oxygen atoms in total. The standard InChI is InChI=1S/C23H20S4/c1-10(2)18-9-17-22(27-18)21-16(8-13(5)26-21)23(17)14-6-11(3)24-19(14)20-15(23)7-12(4)25-20/h6-10H,1-5H3. The summed E-state index contributed by atoms with van der Waals surface area (Å²) >= 11 is 7.97. The van der Waals surface area contributed by atoms with Crippen molar-refractivity contribution in [1.29, 1.82) is 0 Å². The summed E-state index contributed by atoms with van der Waals surface area (Å²) in [7, 11) is 0. The van der Waals surface area contributed by atoms with Gasteiger partial charge in [-0.1, -0.05) is 13.8 Å². The number of thiophene rings is 4. The Labute approximate surface area is 176 Å². The lowest BCUT2D eigenvalue weighted by atomic mass is 9.72. The molecule has 136 valence electrons. The van der Waals surface area contributed by atoms with Crippen molar-refractivity contribution < 1.29 is 0 Å². The maximum atomic E-state index is 2.53. The van der Waals surface area contributed by atoms with E-state index in [0.717, 1.165) is 0 Å². The maximum Gasteiger partial charge on any atom is 0.0759 e. The summed E-state index contributed by atoms with van der Waals surface area (Å²) in [4.78, 5) is 11.9. The molecular formula is C23H20S4. The van der Waals surface area contributed by atoms with Gasteiger partial charge in [0.1, 0.15) is 0 Å². The summed E-state index contributed by atoms with van der Waals surface area (Å²) in [5, 5.41) is 0. The van der Waals surface area contributed by atoms with Crippen LogP contribution in [0, 0.1) is 20.8 Å². The normalized spacial score (nSPS) is 15.5. The summed E-state index contributed by atoms with van der Waals surface area (Å²) in [6, 6.07) is 9.95. The van der Waals surface area contributed by atoms with E-state index in [1.165, 1.54) is 55.7 Å². The molecule has 0 unspecified atom stereocenters. The van der Waals surface area contributed by atoms with Crippen molar-refractivity contribution in [2.75, 3.05) is 0 Å². The SMILES string of the molecule is Cc1cc2c(s1)-c1sc(C)cc1C21c2cc(C)sc2-c2sc(C(C)C)cc21. The molecule has 0 saturated carbocycles. The first-order chi connectivity index (χ1) is 12.9. The molecule has 0 aromatic carbocycles. The fraction of sp³-hybridized carbons (Fsp3) is 0.304. The molecule has 0 radical (unpaired) electrons. The van der Waals surface area contributed by atoms with Crippen molar-refractivity contribution in [3.63, 3.8) is 0 Å². The molecular weight excluding hydrogens is 405 g/mol. The summed E-state index contributed by atoms with van der Waals surface area (Å²) < 4.78 is 0. The first kappa shape index (κ1) is 16.7. The molecule has 0 saturated heterocycles. The minimum atomic E-state index is -0.0702. The number of hydrogen-bond acceptors (Lipinski definition) is 4. The second-order valence-corrected chi connectivity index (χ2v) is 12.9. The third-order valence-corrected chi connectivity index (χ3v) is 10.8. The van der Waals surface area contributed by atoms with Gasteiger partial charge in [0.05, 0.1) is 5.41 Å². The molecule has 0 fully saturated rings. The van der Waals surface area contributed by atoms with Gasteiger partial charge in [-0.15, -0.1) is 45.3 Å². The number of fused-ring (bicyclic) bond motifs is 10. The molecule has 2 aliphatic rings. The molecule has 4 heterocycles. The maximum absolute atomic E-state index is 2.53. The molecule has 0 aliphatic heterocycles. The lowest BCUT2D eigenvalue weighted by Gasteiger charge is -2.27. The van der Waals surface area contributed by atoms with Crippen LogP contribution in [0.15, 0.2) is 24.3 Å². The number of aryl methyl sites for hydroxylation is 3. The van der Waals surface area contributed by atoms with Crippen LogP contribution in [0.1, 0.15) is 61.5 Å². The predicted octanol–water partition coefficient (Wildman–Crippen LogP) is 8.32. The van der Waals surface area contributed by atoms with Gasteiger partial charge in [0.25, 0.3) is 0 Å². The average Bonchev–Trinajstić information content (AvgIpc) is 3.36. The van der Waals surface area contributed by atoms with E-state index < -0.39 is 0 Å². The Balaban J connectivity index is 1.81. The van der Waals surface area contributed by atoms with Gasteiger partial charge in [-0.2, -0.15) is 0 Å². The Morgan fingerprint density at radius 1 is 0.593 bits per heavy atom. The molecule has 6 rings (SSSR count). The highest BCUT2D eigenvalue weighted by atomic mass is 32.1. The van der Waals surface area contributed by atoms with Crippen LogP contribution in [0.2, 0.25) is 0 Å². The first-order valence-corrected chi connectivity index (χ1v) is 12.7. The zero-order valence-electron chi connectivity index (χ0n) is 16.0. The summed E-state index contributed by atoms with van der Waals surface area (Å²) in [5.74, 6) is 0.580. The third-order valence-electron chi connectivity index (χ3n) is 5.91. The second kappa shape index (κ2) is 5.24. The first-order valence-electron chi connectivity index (χ1n) is 9.39. The molecule has 0 bridgehead atoms. The van der Waals surface area contributed by atoms with Crippen LogP contribution in [-0.4, -0.2) is 0 Å². The monoisotopic (exact) mass is 424 g/mol. The summed E-state index contributed by atoms with van der Waals surface area (Å²) in [6.07, 6.45) is 0. The zero-order chi connectivity index (χ0) is 18.7. The Hall–Kier alpha value is -1.20. The van der Waals surface area contributed by atoms with E-state index in [1.807, 2.05) is 45.3 Å². The van der Waals surface area contributed by atoms with Gasteiger partial charge >= 0.3 is 0 Å². The Bertz CT molecular complexity index is 1190. The molecule has 4 aromatic heterocycles. The number of rotatable bonds is 1. The van der Waals surface area contributed by atoms with Crippen molar-refractivity contribution in [3.05, 3.63) is 66.0 Å². The van der Waals surface area contributed by atoms with Gasteiger partial charge in [0.15, 0.2) is 0 Å². The van der Waals surface area contributed by atoms with Gasteiger partial charge in [0, 0.05) is 39.0 Å². The van der Waals surface area contributed by atoms with E-state index in [-0.39, 0.29) is 5.41 Å². The molecule has 1 spiro atoms. The van der Waals surface area contributed by atoms with Crippen molar-refractivity contribution in [2.24, 2.45) is 0 Å². The predicted molar refractivity (Wildman–Crippen MR) is 123 cm³/mol. The van der Waals surface area contributed by atoms with Gasteiger partial charge < -0.3 is 0 Å².